The molecule has 0 aliphatic carbocycles. The largest absolute Gasteiger partial charge is 0.497 e. The van der Waals surface area contributed by atoms with E-state index in [0.717, 1.165) is 59.3 Å². The monoisotopic (exact) mass is 461 g/mol. The van der Waals surface area contributed by atoms with Crippen molar-refractivity contribution in [3.8, 4) is 11.5 Å². The molecule has 6 nitrogen and oxygen atoms in total. The van der Waals surface area contributed by atoms with Gasteiger partial charge in [-0.05, 0) is 74.6 Å². The van der Waals surface area contributed by atoms with Gasteiger partial charge in [0.15, 0.2) is 0 Å². The van der Waals surface area contributed by atoms with Gasteiger partial charge in [0.05, 0.1) is 13.2 Å². The molecule has 1 N–H and O–H groups in total. The van der Waals surface area contributed by atoms with Gasteiger partial charge in [0.25, 0.3) is 0 Å². The summed E-state index contributed by atoms with van der Waals surface area (Å²) >= 11 is 0. The lowest BCUT2D eigenvalue weighted by Gasteiger charge is -2.35. The summed E-state index contributed by atoms with van der Waals surface area (Å²) in [6, 6.07) is 20.3. The molecule has 4 rings (SSSR count). The molecule has 180 valence electrons. The average Bonchev–Trinajstić information content (AvgIpc) is 2.87. The lowest BCUT2D eigenvalue weighted by atomic mass is 9.99. The maximum Gasteiger partial charge on any atom is 0.317 e. The van der Waals surface area contributed by atoms with Crippen LogP contribution in [-0.4, -0.2) is 56.2 Å². The first kappa shape index (κ1) is 23.9. The van der Waals surface area contributed by atoms with E-state index in [2.05, 4.69) is 35.5 Å². The van der Waals surface area contributed by atoms with Crippen LogP contribution in [0.25, 0.3) is 10.8 Å². The zero-order valence-corrected chi connectivity index (χ0v) is 20.6. The minimum Gasteiger partial charge on any atom is -0.497 e. The number of urea groups is 1. The van der Waals surface area contributed by atoms with E-state index >= 15 is 0 Å². The van der Waals surface area contributed by atoms with Gasteiger partial charge < -0.3 is 24.6 Å². The molecule has 0 radical (unpaired) electrons. The summed E-state index contributed by atoms with van der Waals surface area (Å²) in [4.78, 5) is 17.2. The van der Waals surface area contributed by atoms with Crippen LogP contribution in [-0.2, 0) is 6.61 Å². The average molecular weight is 462 g/mol. The van der Waals surface area contributed by atoms with Gasteiger partial charge in [-0.25, -0.2) is 4.79 Å². The second-order valence-electron chi connectivity index (χ2n) is 9.15. The molecule has 1 aliphatic heterocycles. The Labute approximate surface area is 202 Å². The number of hydrogen-bond donors (Lipinski definition) is 1. The number of piperidine rings is 1. The molecule has 1 saturated heterocycles. The van der Waals surface area contributed by atoms with E-state index in [4.69, 9.17) is 9.47 Å². The first-order chi connectivity index (χ1) is 16.5. The molecule has 1 fully saturated rings. The van der Waals surface area contributed by atoms with Crippen molar-refractivity contribution in [1.82, 2.24) is 15.1 Å². The van der Waals surface area contributed by atoms with E-state index in [-0.39, 0.29) is 18.1 Å². The van der Waals surface area contributed by atoms with Gasteiger partial charge in [0.1, 0.15) is 18.1 Å². The molecule has 1 heterocycles. The van der Waals surface area contributed by atoms with Crippen molar-refractivity contribution in [2.24, 2.45) is 0 Å². The lowest BCUT2D eigenvalue weighted by Crippen LogP contribution is -2.48. The number of amides is 2. The molecule has 0 spiro atoms. The third-order valence-corrected chi connectivity index (χ3v) is 6.83. The number of likely N-dealkylation sites (tertiary alicyclic amines) is 1. The summed E-state index contributed by atoms with van der Waals surface area (Å²) in [5.74, 6) is 1.66. The fourth-order valence-corrected chi connectivity index (χ4v) is 4.59. The second kappa shape index (κ2) is 10.8. The molecule has 6 heteroatoms. The second-order valence-corrected chi connectivity index (χ2v) is 9.15. The number of methoxy groups -OCH3 is 1. The normalized spacial score (nSPS) is 15.6. The molecule has 34 heavy (non-hydrogen) atoms. The number of ether oxygens (including phenoxy) is 2. The number of nitrogens with zero attached hydrogens (tertiary/aromatic N) is 2. The van der Waals surface area contributed by atoms with Gasteiger partial charge >= 0.3 is 6.03 Å². The first-order valence-electron chi connectivity index (χ1n) is 12.0. The van der Waals surface area contributed by atoms with Crippen LogP contribution >= 0.6 is 0 Å². The molecule has 1 atom stereocenters. The van der Waals surface area contributed by atoms with E-state index in [9.17, 15) is 4.79 Å². The Kier molecular flexibility index (Phi) is 7.58. The lowest BCUT2D eigenvalue weighted by molar-refractivity contribution is 0.146. The quantitative estimate of drug-likeness (QED) is 0.524. The van der Waals surface area contributed by atoms with Crippen molar-refractivity contribution in [2.75, 3.05) is 34.3 Å². The predicted molar refractivity (Wildman–Crippen MR) is 137 cm³/mol. The summed E-state index contributed by atoms with van der Waals surface area (Å²) in [7, 11) is 5.70. The Bertz CT molecular complexity index is 1110. The van der Waals surface area contributed by atoms with Gasteiger partial charge in [0, 0.05) is 18.5 Å². The number of hydrogen-bond acceptors (Lipinski definition) is 4. The predicted octanol–water partition coefficient (Wildman–Crippen LogP) is 5.22. The minimum absolute atomic E-state index is 0.0223. The van der Waals surface area contributed by atoms with Crippen molar-refractivity contribution in [1.29, 1.82) is 0 Å². The van der Waals surface area contributed by atoms with Crippen LogP contribution in [0.15, 0.2) is 60.7 Å². The molecule has 0 bridgehead atoms. The topological polar surface area (TPSA) is 54.0 Å². The maximum atomic E-state index is 13.0. The number of rotatable bonds is 7. The molecule has 0 aromatic heterocycles. The highest BCUT2D eigenvalue weighted by atomic mass is 16.5. The third kappa shape index (κ3) is 5.45. The van der Waals surface area contributed by atoms with Crippen molar-refractivity contribution in [3.05, 3.63) is 71.8 Å². The number of nitrogens with one attached hydrogen (secondary N) is 1. The Morgan fingerprint density at radius 2 is 1.74 bits per heavy atom. The van der Waals surface area contributed by atoms with Gasteiger partial charge in [-0.15, -0.1) is 0 Å². The van der Waals surface area contributed by atoms with Crippen molar-refractivity contribution in [2.45, 2.75) is 38.5 Å². The van der Waals surface area contributed by atoms with Crippen molar-refractivity contribution in [3.63, 3.8) is 0 Å². The molecule has 3 aromatic carbocycles. The van der Waals surface area contributed by atoms with E-state index in [1.54, 1.807) is 7.11 Å². The van der Waals surface area contributed by atoms with Crippen LogP contribution in [0, 0.1) is 0 Å². The van der Waals surface area contributed by atoms with Gasteiger partial charge in [-0.3, -0.25) is 0 Å². The van der Waals surface area contributed by atoms with Gasteiger partial charge in [-0.2, -0.15) is 0 Å². The maximum absolute atomic E-state index is 13.0. The van der Waals surface area contributed by atoms with Crippen LogP contribution in [0.2, 0.25) is 0 Å². The first-order valence-corrected chi connectivity index (χ1v) is 12.0. The van der Waals surface area contributed by atoms with E-state index in [0.29, 0.717) is 6.61 Å². The van der Waals surface area contributed by atoms with Crippen LogP contribution < -0.4 is 14.8 Å². The third-order valence-electron chi connectivity index (χ3n) is 6.83. The standard InChI is InChI=1S/C28H35N3O3/c1-20(29-28(32)31(3)22-15-17-30(2)18-16-22)24-13-14-27(26-8-6-5-7-25(24)26)34-19-21-9-11-23(33-4)12-10-21/h5-14,20,22H,15-19H2,1-4H3,(H,29,32). The van der Waals surface area contributed by atoms with Crippen LogP contribution in [0.3, 0.4) is 0 Å². The fourth-order valence-electron chi connectivity index (χ4n) is 4.59. The van der Waals surface area contributed by atoms with Crippen LogP contribution in [0.4, 0.5) is 4.79 Å². The highest BCUT2D eigenvalue weighted by molar-refractivity contribution is 5.91. The smallest absolute Gasteiger partial charge is 0.317 e. The van der Waals surface area contributed by atoms with E-state index in [1.807, 2.05) is 61.3 Å². The number of carbonyl (C=O) groups is 1. The highest BCUT2D eigenvalue weighted by Crippen LogP contribution is 2.32. The molecule has 2 amide bonds. The summed E-state index contributed by atoms with van der Waals surface area (Å²) < 4.78 is 11.4. The SMILES string of the molecule is COc1ccc(COc2ccc(C(C)NC(=O)N(C)C3CCN(C)CC3)c3ccccc23)cc1. The van der Waals surface area contributed by atoms with Crippen molar-refractivity contribution < 1.29 is 14.3 Å². The molecular weight excluding hydrogens is 426 g/mol. The minimum atomic E-state index is -0.123. The number of carbonyl (C=O) groups excluding carboxylic acids is 1. The zero-order chi connectivity index (χ0) is 24.1. The summed E-state index contributed by atoms with van der Waals surface area (Å²) in [5, 5.41) is 5.33. The highest BCUT2D eigenvalue weighted by Gasteiger charge is 2.25. The van der Waals surface area contributed by atoms with Crippen LogP contribution in [0.1, 0.15) is 36.9 Å². The summed E-state index contributed by atoms with van der Waals surface area (Å²) in [6.45, 7) is 4.57. The number of benzene rings is 3. The molecule has 1 unspecified atom stereocenters. The fraction of sp³-hybridized carbons (Fsp3) is 0.393. The van der Waals surface area contributed by atoms with E-state index < -0.39 is 0 Å². The van der Waals surface area contributed by atoms with Crippen molar-refractivity contribution >= 4 is 16.8 Å². The van der Waals surface area contributed by atoms with Gasteiger partial charge in [0.2, 0.25) is 0 Å². The molecule has 3 aromatic rings. The molecule has 0 saturated carbocycles. The summed E-state index contributed by atoms with van der Waals surface area (Å²) in [6.07, 6.45) is 2.02. The Morgan fingerprint density at radius 1 is 1.06 bits per heavy atom. The Balaban J connectivity index is 1.46. The Hall–Kier alpha value is -3.25. The molecule has 1 aliphatic rings. The zero-order valence-electron chi connectivity index (χ0n) is 20.6. The van der Waals surface area contributed by atoms with Gasteiger partial charge in [-0.1, -0.05) is 42.5 Å². The van der Waals surface area contributed by atoms with Crippen LogP contribution in [0.5, 0.6) is 11.5 Å². The molecular formula is C28H35N3O3. The summed E-state index contributed by atoms with van der Waals surface area (Å²) in [5.41, 5.74) is 2.16. The van der Waals surface area contributed by atoms with E-state index in [1.165, 1.54) is 0 Å². The number of fused-ring (bicyclic) bond motifs is 1. The Morgan fingerprint density at radius 3 is 2.41 bits per heavy atom.